The summed E-state index contributed by atoms with van der Waals surface area (Å²) in [5.74, 6) is 1.81. The van der Waals surface area contributed by atoms with Crippen molar-refractivity contribution in [2.75, 3.05) is 13.2 Å². The molecule has 1 aromatic carbocycles. The lowest BCUT2D eigenvalue weighted by molar-refractivity contribution is 0.356. The topological polar surface area (TPSA) is 21.6 Å². The van der Waals surface area contributed by atoms with Crippen LogP contribution < -0.4 is 4.74 Å². The van der Waals surface area contributed by atoms with E-state index in [1.54, 1.807) is 0 Å². The molecule has 2 nitrogen and oxygen atoms in total. The standard InChI is InChI=1S/C14H17NO/c1-10-2-5-13(15-9-10)12-4-3-11-6-7-16-14(11)8-12/h3-4,8,10H,2,5-7,9H2,1H3/t10-/m0/s1. The molecule has 16 heavy (non-hydrogen) atoms. The number of hydrogen-bond donors (Lipinski definition) is 0. The van der Waals surface area contributed by atoms with Gasteiger partial charge < -0.3 is 4.74 Å². The lowest BCUT2D eigenvalue weighted by atomic mass is 9.95. The average molecular weight is 215 g/mol. The molecule has 0 N–H and O–H groups in total. The van der Waals surface area contributed by atoms with Gasteiger partial charge in [0.05, 0.1) is 6.61 Å². The van der Waals surface area contributed by atoms with Crippen molar-refractivity contribution in [1.82, 2.24) is 0 Å². The molecule has 1 atom stereocenters. The van der Waals surface area contributed by atoms with Crippen molar-refractivity contribution in [1.29, 1.82) is 0 Å². The van der Waals surface area contributed by atoms with Gasteiger partial charge in [-0.25, -0.2) is 0 Å². The summed E-state index contributed by atoms with van der Waals surface area (Å²) in [5.41, 5.74) is 3.86. The van der Waals surface area contributed by atoms with Crippen molar-refractivity contribution in [3.8, 4) is 5.75 Å². The zero-order valence-electron chi connectivity index (χ0n) is 9.70. The van der Waals surface area contributed by atoms with Crippen LogP contribution in [-0.2, 0) is 6.42 Å². The van der Waals surface area contributed by atoms with Crippen LogP contribution in [0.2, 0.25) is 0 Å². The summed E-state index contributed by atoms with van der Waals surface area (Å²) >= 11 is 0. The number of nitrogens with zero attached hydrogens (tertiary/aromatic N) is 1. The second-order valence-corrected chi connectivity index (χ2v) is 4.85. The zero-order valence-corrected chi connectivity index (χ0v) is 9.70. The molecule has 0 aromatic heterocycles. The van der Waals surface area contributed by atoms with E-state index in [4.69, 9.17) is 4.74 Å². The fourth-order valence-electron chi connectivity index (χ4n) is 2.40. The van der Waals surface area contributed by atoms with E-state index in [0.717, 1.165) is 37.7 Å². The Balaban J connectivity index is 1.90. The summed E-state index contributed by atoms with van der Waals surface area (Å²) in [5, 5.41) is 0. The van der Waals surface area contributed by atoms with Crippen LogP contribution in [0.15, 0.2) is 23.2 Å². The lowest BCUT2D eigenvalue weighted by Crippen LogP contribution is -2.14. The van der Waals surface area contributed by atoms with E-state index >= 15 is 0 Å². The number of fused-ring (bicyclic) bond motifs is 1. The maximum atomic E-state index is 5.60. The number of aliphatic imine (C=N–C) groups is 1. The summed E-state index contributed by atoms with van der Waals surface area (Å²) in [7, 11) is 0. The smallest absolute Gasteiger partial charge is 0.123 e. The monoisotopic (exact) mass is 215 g/mol. The Morgan fingerprint density at radius 2 is 2.25 bits per heavy atom. The van der Waals surface area contributed by atoms with E-state index in [-0.39, 0.29) is 0 Å². The Bertz CT molecular complexity index is 436. The van der Waals surface area contributed by atoms with Crippen molar-refractivity contribution in [3.63, 3.8) is 0 Å². The summed E-state index contributed by atoms with van der Waals surface area (Å²) in [4.78, 5) is 4.67. The van der Waals surface area contributed by atoms with Gasteiger partial charge in [-0.2, -0.15) is 0 Å². The van der Waals surface area contributed by atoms with Gasteiger partial charge in [0, 0.05) is 18.7 Å². The van der Waals surface area contributed by atoms with E-state index in [1.165, 1.54) is 23.3 Å². The largest absolute Gasteiger partial charge is 0.493 e. The molecule has 2 heteroatoms. The van der Waals surface area contributed by atoms with E-state index in [1.807, 2.05) is 0 Å². The first-order valence-corrected chi connectivity index (χ1v) is 6.12. The third-order valence-corrected chi connectivity index (χ3v) is 3.50. The highest BCUT2D eigenvalue weighted by Crippen LogP contribution is 2.28. The van der Waals surface area contributed by atoms with Crippen molar-refractivity contribution >= 4 is 5.71 Å². The fraction of sp³-hybridized carbons (Fsp3) is 0.500. The third-order valence-electron chi connectivity index (χ3n) is 3.50. The summed E-state index contributed by atoms with van der Waals surface area (Å²) < 4.78 is 5.60. The highest BCUT2D eigenvalue weighted by Gasteiger charge is 2.16. The lowest BCUT2D eigenvalue weighted by Gasteiger charge is -2.17. The minimum absolute atomic E-state index is 0.745. The van der Waals surface area contributed by atoms with E-state index < -0.39 is 0 Å². The van der Waals surface area contributed by atoms with Crippen LogP contribution >= 0.6 is 0 Å². The van der Waals surface area contributed by atoms with Gasteiger partial charge in [-0.05, 0) is 36.0 Å². The molecular weight excluding hydrogens is 198 g/mol. The Hall–Kier alpha value is -1.31. The third kappa shape index (κ3) is 1.73. The summed E-state index contributed by atoms with van der Waals surface area (Å²) in [6, 6.07) is 6.55. The molecule has 2 heterocycles. The van der Waals surface area contributed by atoms with Gasteiger partial charge >= 0.3 is 0 Å². The van der Waals surface area contributed by atoms with E-state index in [2.05, 4.69) is 30.1 Å². The van der Waals surface area contributed by atoms with Crippen LogP contribution in [-0.4, -0.2) is 18.9 Å². The van der Waals surface area contributed by atoms with Gasteiger partial charge in [0.25, 0.3) is 0 Å². The number of hydrogen-bond acceptors (Lipinski definition) is 2. The van der Waals surface area contributed by atoms with Gasteiger partial charge in [0.15, 0.2) is 0 Å². The van der Waals surface area contributed by atoms with E-state index in [9.17, 15) is 0 Å². The predicted octanol–water partition coefficient (Wildman–Crippen LogP) is 2.84. The van der Waals surface area contributed by atoms with Gasteiger partial charge in [0.1, 0.15) is 5.75 Å². The molecule has 0 aliphatic carbocycles. The van der Waals surface area contributed by atoms with Crippen LogP contribution in [0.3, 0.4) is 0 Å². The molecule has 0 bridgehead atoms. The highest BCUT2D eigenvalue weighted by atomic mass is 16.5. The molecule has 84 valence electrons. The first kappa shape index (κ1) is 9.88. The molecule has 2 aliphatic rings. The van der Waals surface area contributed by atoms with Crippen LogP contribution in [0.5, 0.6) is 5.75 Å². The highest BCUT2D eigenvalue weighted by molar-refractivity contribution is 6.01. The molecule has 3 rings (SSSR count). The quantitative estimate of drug-likeness (QED) is 0.706. The van der Waals surface area contributed by atoms with Gasteiger partial charge in [-0.1, -0.05) is 19.1 Å². The second kappa shape index (κ2) is 3.93. The predicted molar refractivity (Wildman–Crippen MR) is 65.4 cm³/mol. The Morgan fingerprint density at radius 3 is 3.06 bits per heavy atom. The first-order valence-electron chi connectivity index (χ1n) is 6.12. The Labute approximate surface area is 96.3 Å². The second-order valence-electron chi connectivity index (χ2n) is 4.85. The van der Waals surface area contributed by atoms with Crippen molar-refractivity contribution in [3.05, 3.63) is 29.3 Å². The minimum atomic E-state index is 0.745. The normalized spacial score (nSPS) is 23.6. The maximum absolute atomic E-state index is 5.60. The molecule has 0 spiro atoms. The number of benzene rings is 1. The molecule has 0 saturated heterocycles. The first-order chi connectivity index (χ1) is 7.83. The molecule has 1 aromatic rings. The van der Waals surface area contributed by atoms with Crippen LogP contribution in [0.1, 0.15) is 30.9 Å². The number of ether oxygens (including phenoxy) is 1. The van der Waals surface area contributed by atoms with E-state index in [0.29, 0.717) is 0 Å². The van der Waals surface area contributed by atoms with Crippen LogP contribution in [0, 0.1) is 5.92 Å². The molecule has 0 amide bonds. The maximum Gasteiger partial charge on any atom is 0.123 e. The molecule has 0 fully saturated rings. The molecule has 2 aliphatic heterocycles. The van der Waals surface area contributed by atoms with Crippen molar-refractivity contribution < 1.29 is 4.74 Å². The van der Waals surface area contributed by atoms with Crippen LogP contribution in [0.25, 0.3) is 0 Å². The Kier molecular flexibility index (Phi) is 2.43. The minimum Gasteiger partial charge on any atom is -0.493 e. The van der Waals surface area contributed by atoms with Gasteiger partial charge in [-0.3, -0.25) is 4.99 Å². The fourth-order valence-corrected chi connectivity index (χ4v) is 2.40. The van der Waals surface area contributed by atoms with Crippen LogP contribution in [0.4, 0.5) is 0 Å². The Morgan fingerprint density at radius 1 is 1.31 bits per heavy atom. The van der Waals surface area contributed by atoms with Crippen molar-refractivity contribution in [2.24, 2.45) is 10.9 Å². The van der Waals surface area contributed by atoms with Gasteiger partial charge in [0.2, 0.25) is 0 Å². The zero-order chi connectivity index (χ0) is 11.0. The van der Waals surface area contributed by atoms with Gasteiger partial charge in [-0.15, -0.1) is 0 Å². The summed E-state index contributed by atoms with van der Waals surface area (Å²) in [6.45, 7) is 4.08. The molecule has 0 radical (unpaired) electrons. The summed E-state index contributed by atoms with van der Waals surface area (Å²) in [6.07, 6.45) is 3.43. The van der Waals surface area contributed by atoms with Crippen molar-refractivity contribution in [2.45, 2.75) is 26.2 Å². The molecular formula is C14H17NO. The number of rotatable bonds is 1. The molecule has 0 unspecified atom stereocenters. The SMILES string of the molecule is C[C@H]1CCC(c2ccc3c(c2)OCC3)=NC1. The average Bonchev–Trinajstić information content (AvgIpc) is 2.77. The molecule has 0 saturated carbocycles.